The van der Waals surface area contributed by atoms with Crippen LogP contribution in [-0.2, 0) is 4.79 Å². The van der Waals surface area contributed by atoms with Gasteiger partial charge in [0.05, 0.1) is 5.56 Å². The van der Waals surface area contributed by atoms with Gasteiger partial charge in [-0.2, -0.15) is 0 Å². The molecular weight excluding hydrogens is 314 g/mol. The van der Waals surface area contributed by atoms with Gasteiger partial charge in [0.15, 0.2) is 6.10 Å². The summed E-state index contributed by atoms with van der Waals surface area (Å²) in [6.07, 6.45) is -0.785. The van der Waals surface area contributed by atoms with Gasteiger partial charge < -0.3 is 15.2 Å². The van der Waals surface area contributed by atoms with Crippen molar-refractivity contribution in [3.8, 4) is 5.75 Å². The highest BCUT2D eigenvalue weighted by molar-refractivity contribution is 7.14. The van der Waals surface area contributed by atoms with Crippen molar-refractivity contribution >= 4 is 39.8 Å². The summed E-state index contributed by atoms with van der Waals surface area (Å²) in [5.41, 5.74) is 0.0586. The minimum atomic E-state index is -1.09. The number of hydrogen-bond donors (Lipinski definition) is 2. The Balaban J connectivity index is 2.03. The molecule has 0 aliphatic heterocycles. The largest absolute Gasteiger partial charge is 0.481 e. The number of carboxylic acid groups (broad SMARTS) is 1. The molecule has 0 saturated carbocycles. The molecule has 0 aliphatic rings. The van der Waals surface area contributed by atoms with Gasteiger partial charge >= 0.3 is 5.97 Å². The predicted octanol–water partition coefficient (Wildman–Crippen LogP) is 3.51. The van der Waals surface area contributed by atoms with E-state index in [0.29, 0.717) is 10.8 Å². The summed E-state index contributed by atoms with van der Waals surface area (Å²) < 4.78 is 5.47. The Labute approximate surface area is 130 Å². The van der Waals surface area contributed by atoms with Crippen LogP contribution in [0.2, 0.25) is 5.02 Å². The minimum absolute atomic E-state index is 0.0586. The van der Waals surface area contributed by atoms with Gasteiger partial charge in [0.2, 0.25) is 0 Å². The molecule has 1 aromatic carbocycles. The van der Waals surface area contributed by atoms with E-state index in [2.05, 4.69) is 5.32 Å². The maximum Gasteiger partial charge on any atom is 0.338 e. The SMILES string of the molecule is CC(Oc1cccc(Cl)c1)C(=O)Nc1sccc1C(=O)O. The van der Waals surface area contributed by atoms with Gasteiger partial charge in [-0.1, -0.05) is 17.7 Å². The predicted molar refractivity (Wildman–Crippen MR) is 81.5 cm³/mol. The molecule has 2 aromatic rings. The molecule has 0 radical (unpaired) electrons. The first-order valence-electron chi connectivity index (χ1n) is 6.01. The summed E-state index contributed by atoms with van der Waals surface area (Å²) >= 11 is 6.98. The third-order valence-corrected chi connectivity index (χ3v) is 3.68. The van der Waals surface area contributed by atoms with E-state index in [1.165, 1.54) is 6.07 Å². The molecule has 2 rings (SSSR count). The summed E-state index contributed by atoms with van der Waals surface area (Å²) in [7, 11) is 0. The first-order chi connectivity index (χ1) is 9.97. The molecule has 0 fully saturated rings. The third-order valence-electron chi connectivity index (χ3n) is 2.61. The van der Waals surface area contributed by atoms with Gasteiger partial charge in [0, 0.05) is 5.02 Å². The number of benzene rings is 1. The lowest BCUT2D eigenvalue weighted by molar-refractivity contribution is -0.122. The van der Waals surface area contributed by atoms with Crippen molar-refractivity contribution in [2.24, 2.45) is 0 Å². The Bertz CT molecular complexity index is 670. The number of thiophene rings is 1. The number of anilines is 1. The van der Waals surface area contributed by atoms with Crippen LogP contribution in [0.5, 0.6) is 5.75 Å². The summed E-state index contributed by atoms with van der Waals surface area (Å²) in [6.45, 7) is 1.57. The van der Waals surface area contributed by atoms with Crippen molar-refractivity contribution in [2.75, 3.05) is 5.32 Å². The maximum atomic E-state index is 12.0. The van der Waals surface area contributed by atoms with Gasteiger partial charge in [0.25, 0.3) is 5.91 Å². The number of aromatic carboxylic acids is 1. The molecular formula is C14H12ClNO4S. The fourth-order valence-corrected chi connectivity index (χ4v) is 2.55. The maximum absolute atomic E-state index is 12.0. The summed E-state index contributed by atoms with van der Waals surface area (Å²) in [6, 6.07) is 8.13. The molecule has 0 aliphatic carbocycles. The third kappa shape index (κ3) is 3.96. The van der Waals surface area contributed by atoms with E-state index in [4.69, 9.17) is 21.4 Å². The summed E-state index contributed by atoms with van der Waals surface area (Å²) in [4.78, 5) is 23.0. The smallest absolute Gasteiger partial charge is 0.338 e. The van der Waals surface area contributed by atoms with Crippen molar-refractivity contribution in [1.82, 2.24) is 0 Å². The molecule has 1 atom stereocenters. The zero-order valence-electron chi connectivity index (χ0n) is 11.0. The Morgan fingerprint density at radius 3 is 2.81 bits per heavy atom. The topological polar surface area (TPSA) is 75.6 Å². The van der Waals surface area contributed by atoms with Crippen LogP contribution in [0, 0.1) is 0 Å². The Morgan fingerprint density at radius 1 is 1.38 bits per heavy atom. The number of nitrogens with one attached hydrogen (secondary N) is 1. The van der Waals surface area contributed by atoms with E-state index < -0.39 is 18.0 Å². The molecule has 0 spiro atoms. The van der Waals surface area contributed by atoms with E-state index in [1.807, 2.05) is 0 Å². The van der Waals surface area contributed by atoms with Gasteiger partial charge in [-0.3, -0.25) is 4.79 Å². The second kappa shape index (κ2) is 6.60. The first kappa shape index (κ1) is 15.3. The lowest BCUT2D eigenvalue weighted by Crippen LogP contribution is -2.30. The summed E-state index contributed by atoms with van der Waals surface area (Å²) in [5.74, 6) is -1.05. The number of carbonyl (C=O) groups is 2. The lowest BCUT2D eigenvalue weighted by atomic mass is 10.3. The number of carbonyl (C=O) groups excluding carboxylic acids is 1. The number of rotatable bonds is 5. The van der Waals surface area contributed by atoms with Gasteiger partial charge in [-0.05, 0) is 36.6 Å². The van der Waals surface area contributed by atoms with Crippen LogP contribution in [0.3, 0.4) is 0 Å². The van der Waals surface area contributed by atoms with E-state index in [1.54, 1.807) is 36.6 Å². The van der Waals surface area contributed by atoms with Crippen molar-refractivity contribution in [2.45, 2.75) is 13.0 Å². The Morgan fingerprint density at radius 2 is 2.14 bits per heavy atom. The average molecular weight is 326 g/mol. The van der Waals surface area contributed by atoms with E-state index in [0.717, 1.165) is 11.3 Å². The van der Waals surface area contributed by atoms with Crippen LogP contribution in [-0.4, -0.2) is 23.1 Å². The van der Waals surface area contributed by atoms with Gasteiger partial charge in [-0.15, -0.1) is 11.3 Å². The second-order valence-corrected chi connectivity index (χ2v) is 5.53. The average Bonchev–Trinajstić information content (AvgIpc) is 2.87. The molecule has 7 heteroatoms. The van der Waals surface area contributed by atoms with Crippen LogP contribution >= 0.6 is 22.9 Å². The van der Waals surface area contributed by atoms with Gasteiger partial charge in [0.1, 0.15) is 10.8 Å². The monoisotopic (exact) mass is 325 g/mol. The minimum Gasteiger partial charge on any atom is -0.481 e. The Kier molecular flexibility index (Phi) is 4.82. The molecule has 5 nitrogen and oxygen atoms in total. The van der Waals surface area contributed by atoms with Crippen LogP contribution in [0.1, 0.15) is 17.3 Å². The standard InChI is InChI=1S/C14H12ClNO4S/c1-8(20-10-4-2-3-9(15)7-10)12(17)16-13-11(14(18)19)5-6-21-13/h2-8H,1H3,(H,16,17)(H,18,19). The van der Waals surface area contributed by atoms with Crippen molar-refractivity contribution in [3.63, 3.8) is 0 Å². The quantitative estimate of drug-likeness (QED) is 0.882. The zero-order valence-corrected chi connectivity index (χ0v) is 12.6. The lowest BCUT2D eigenvalue weighted by Gasteiger charge is -2.14. The molecule has 0 saturated heterocycles. The molecule has 110 valence electrons. The van der Waals surface area contributed by atoms with Gasteiger partial charge in [-0.25, -0.2) is 4.79 Å². The van der Waals surface area contributed by atoms with Crippen molar-refractivity contribution < 1.29 is 19.4 Å². The van der Waals surface area contributed by atoms with Crippen molar-refractivity contribution in [3.05, 3.63) is 46.3 Å². The highest BCUT2D eigenvalue weighted by Gasteiger charge is 2.19. The second-order valence-electron chi connectivity index (χ2n) is 4.18. The van der Waals surface area contributed by atoms with E-state index >= 15 is 0 Å². The highest BCUT2D eigenvalue weighted by atomic mass is 35.5. The van der Waals surface area contributed by atoms with Crippen LogP contribution < -0.4 is 10.1 Å². The van der Waals surface area contributed by atoms with E-state index in [9.17, 15) is 9.59 Å². The first-order valence-corrected chi connectivity index (χ1v) is 7.27. The number of hydrogen-bond acceptors (Lipinski definition) is 4. The molecule has 1 unspecified atom stereocenters. The molecule has 1 aromatic heterocycles. The molecule has 2 N–H and O–H groups in total. The van der Waals surface area contributed by atoms with Crippen LogP contribution in [0.15, 0.2) is 35.7 Å². The van der Waals surface area contributed by atoms with E-state index in [-0.39, 0.29) is 10.6 Å². The number of carboxylic acids is 1. The Hall–Kier alpha value is -2.05. The van der Waals surface area contributed by atoms with Crippen molar-refractivity contribution in [1.29, 1.82) is 0 Å². The fourth-order valence-electron chi connectivity index (χ4n) is 1.59. The number of ether oxygens (including phenoxy) is 1. The summed E-state index contributed by atoms with van der Waals surface area (Å²) in [5, 5.41) is 13.9. The van der Waals surface area contributed by atoms with Crippen LogP contribution in [0.4, 0.5) is 5.00 Å². The number of amides is 1. The molecule has 0 bridgehead atoms. The fraction of sp³-hybridized carbons (Fsp3) is 0.143. The normalized spacial score (nSPS) is 11.7. The zero-order chi connectivity index (χ0) is 15.4. The van der Waals surface area contributed by atoms with Crippen LogP contribution in [0.25, 0.3) is 0 Å². The molecule has 1 amide bonds. The highest BCUT2D eigenvalue weighted by Crippen LogP contribution is 2.24. The number of halogens is 1. The molecule has 1 heterocycles. The molecule has 21 heavy (non-hydrogen) atoms.